The molecule has 3 heterocycles. The highest BCUT2D eigenvalue weighted by Crippen LogP contribution is 2.42. The quantitative estimate of drug-likeness (QED) is 0.394. The van der Waals surface area contributed by atoms with E-state index in [9.17, 15) is 15.2 Å². The molecule has 4 aromatic rings. The zero-order valence-electron chi connectivity index (χ0n) is 21.5. The van der Waals surface area contributed by atoms with E-state index in [2.05, 4.69) is 16.0 Å². The van der Waals surface area contributed by atoms with Gasteiger partial charge in [-0.15, -0.1) is 0 Å². The first-order valence-electron chi connectivity index (χ1n) is 11.8. The molecule has 1 atom stereocenters. The van der Waals surface area contributed by atoms with Crippen LogP contribution >= 0.6 is 0 Å². The summed E-state index contributed by atoms with van der Waals surface area (Å²) in [4.78, 5) is 22.7. The molecular weight excluding hydrogens is 470 g/mol. The maximum Gasteiger partial charge on any atom is 0.272 e. The number of amides is 1. The van der Waals surface area contributed by atoms with E-state index in [1.165, 1.54) is 4.90 Å². The molecule has 0 fully saturated rings. The Hall–Kier alpha value is -4.49. The molecular formula is C27H29N7O3. The van der Waals surface area contributed by atoms with Gasteiger partial charge in [-0.3, -0.25) is 19.4 Å². The highest BCUT2D eigenvalue weighted by Gasteiger charge is 2.25. The standard InChI is InChI=1S/C27H29N7O3/c1-15-19(12-28)10-20(17(3)34-23-14-30-13-21(29)25(23)16(2)32-34)26(37-5)24(15)18-6-7-31-22(11-18)27(36)33(4)8-9-35/h6-7,10-11,13-14,17,35H,8-9,29H2,1-5H3. The van der Waals surface area contributed by atoms with Gasteiger partial charge < -0.3 is 20.5 Å². The summed E-state index contributed by atoms with van der Waals surface area (Å²) in [5, 5.41) is 24.8. The van der Waals surface area contributed by atoms with Crippen molar-refractivity contribution in [2.24, 2.45) is 0 Å². The number of aliphatic hydroxyl groups is 1. The number of ether oxygens (including phenoxy) is 1. The van der Waals surface area contributed by atoms with Crippen LogP contribution in [0.1, 0.15) is 45.8 Å². The van der Waals surface area contributed by atoms with Crippen LogP contribution in [0, 0.1) is 25.2 Å². The Labute approximate surface area is 214 Å². The van der Waals surface area contributed by atoms with Crippen LogP contribution in [0.5, 0.6) is 5.75 Å². The van der Waals surface area contributed by atoms with Crippen LogP contribution in [0.25, 0.3) is 22.0 Å². The summed E-state index contributed by atoms with van der Waals surface area (Å²) in [5.74, 6) is 0.247. The molecule has 3 aromatic heterocycles. The first-order chi connectivity index (χ1) is 17.7. The largest absolute Gasteiger partial charge is 0.496 e. The molecule has 10 heteroatoms. The Morgan fingerprint density at radius 1 is 1.32 bits per heavy atom. The van der Waals surface area contributed by atoms with E-state index in [0.29, 0.717) is 28.1 Å². The number of pyridine rings is 2. The number of aromatic nitrogens is 4. The predicted octanol–water partition coefficient (Wildman–Crippen LogP) is 3.25. The van der Waals surface area contributed by atoms with Crippen LogP contribution in [-0.2, 0) is 0 Å². The number of likely N-dealkylation sites (N-methyl/N-ethyl adjacent to an activating group) is 1. The lowest BCUT2D eigenvalue weighted by atomic mass is 9.90. The van der Waals surface area contributed by atoms with Crippen molar-refractivity contribution in [3.8, 4) is 22.9 Å². The van der Waals surface area contributed by atoms with Gasteiger partial charge >= 0.3 is 0 Å². The van der Waals surface area contributed by atoms with Gasteiger partial charge in [0.05, 0.1) is 60.7 Å². The van der Waals surface area contributed by atoms with Gasteiger partial charge in [-0.2, -0.15) is 10.4 Å². The molecule has 0 aliphatic heterocycles. The second-order valence-electron chi connectivity index (χ2n) is 8.87. The van der Waals surface area contributed by atoms with Crippen LogP contribution in [0.3, 0.4) is 0 Å². The third-order valence-electron chi connectivity index (χ3n) is 6.58. The van der Waals surface area contributed by atoms with Gasteiger partial charge in [-0.1, -0.05) is 0 Å². The molecule has 0 spiro atoms. The van der Waals surface area contributed by atoms with Crippen molar-refractivity contribution in [2.75, 3.05) is 33.0 Å². The lowest BCUT2D eigenvalue weighted by Gasteiger charge is -2.23. The maximum absolute atomic E-state index is 12.8. The van der Waals surface area contributed by atoms with Crippen LogP contribution in [0.15, 0.2) is 36.8 Å². The lowest BCUT2D eigenvalue weighted by molar-refractivity contribution is 0.0761. The highest BCUT2D eigenvalue weighted by atomic mass is 16.5. The first-order valence-corrected chi connectivity index (χ1v) is 11.8. The Kier molecular flexibility index (Phi) is 7.09. The van der Waals surface area contributed by atoms with E-state index >= 15 is 0 Å². The minimum atomic E-state index is -0.333. The average molecular weight is 500 g/mol. The number of aryl methyl sites for hydroxylation is 1. The van der Waals surface area contributed by atoms with Crippen molar-refractivity contribution < 1.29 is 14.6 Å². The molecule has 0 radical (unpaired) electrons. The molecule has 0 aliphatic rings. The zero-order chi connectivity index (χ0) is 26.9. The third kappa shape index (κ3) is 4.45. The molecule has 0 saturated heterocycles. The number of rotatable bonds is 7. The Morgan fingerprint density at radius 2 is 2.08 bits per heavy atom. The molecule has 1 amide bonds. The molecule has 0 bridgehead atoms. The summed E-state index contributed by atoms with van der Waals surface area (Å²) in [5.41, 5.74) is 11.8. The van der Waals surface area contributed by atoms with Gasteiger partial charge in [0.25, 0.3) is 5.91 Å². The normalized spacial score (nSPS) is 11.8. The van der Waals surface area contributed by atoms with Gasteiger partial charge in [-0.05, 0) is 50.1 Å². The van der Waals surface area contributed by atoms with Gasteiger partial charge in [-0.25, -0.2) is 0 Å². The molecule has 0 aliphatic carbocycles. The molecule has 1 aromatic carbocycles. The monoisotopic (exact) mass is 499 g/mol. The van der Waals surface area contributed by atoms with Crippen molar-refractivity contribution in [1.29, 1.82) is 5.26 Å². The van der Waals surface area contributed by atoms with Crippen LogP contribution in [0.4, 0.5) is 5.69 Å². The summed E-state index contributed by atoms with van der Waals surface area (Å²) in [7, 11) is 3.18. The fourth-order valence-electron chi connectivity index (χ4n) is 4.65. The summed E-state index contributed by atoms with van der Waals surface area (Å²) >= 11 is 0. The average Bonchev–Trinajstić information content (AvgIpc) is 3.25. The number of hydrogen-bond acceptors (Lipinski definition) is 8. The number of fused-ring (bicyclic) bond motifs is 1. The molecule has 0 saturated carbocycles. The van der Waals surface area contributed by atoms with Crippen molar-refractivity contribution in [3.05, 3.63) is 64.9 Å². The van der Waals surface area contributed by atoms with Crippen LogP contribution in [-0.4, -0.2) is 63.0 Å². The van der Waals surface area contributed by atoms with E-state index in [-0.39, 0.29) is 30.8 Å². The van der Waals surface area contributed by atoms with Gasteiger partial charge in [0.1, 0.15) is 11.4 Å². The molecule has 10 nitrogen and oxygen atoms in total. The summed E-state index contributed by atoms with van der Waals surface area (Å²) in [6.07, 6.45) is 4.87. The van der Waals surface area contributed by atoms with E-state index in [4.69, 9.17) is 15.6 Å². The number of methoxy groups -OCH3 is 1. The molecule has 4 rings (SSSR count). The molecule has 37 heavy (non-hydrogen) atoms. The topological polar surface area (TPSA) is 143 Å². The Bertz CT molecular complexity index is 1540. The van der Waals surface area contributed by atoms with Gasteiger partial charge in [0.15, 0.2) is 0 Å². The Morgan fingerprint density at radius 3 is 2.76 bits per heavy atom. The van der Waals surface area contributed by atoms with E-state index < -0.39 is 0 Å². The number of carbonyl (C=O) groups excluding carboxylic acids is 1. The number of benzene rings is 1. The molecule has 1 unspecified atom stereocenters. The minimum absolute atomic E-state index is 0.150. The second kappa shape index (κ2) is 10.2. The Balaban J connectivity index is 1.92. The number of anilines is 1. The van der Waals surface area contributed by atoms with Crippen LogP contribution < -0.4 is 10.5 Å². The van der Waals surface area contributed by atoms with Crippen LogP contribution in [0.2, 0.25) is 0 Å². The first kappa shape index (κ1) is 25.6. The fourth-order valence-corrected chi connectivity index (χ4v) is 4.65. The molecule has 190 valence electrons. The zero-order valence-corrected chi connectivity index (χ0v) is 21.5. The van der Waals surface area contributed by atoms with E-state index in [1.807, 2.05) is 31.5 Å². The maximum atomic E-state index is 12.8. The minimum Gasteiger partial charge on any atom is -0.496 e. The van der Waals surface area contributed by atoms with Gasteiger partial charge in [0.2, 0.25) is 0 Å². The van der Waals surface area contributed by atoms with Crippen molar-refractivity contribution in [3.63, 3.8) is 0 Å². The van der Waals surface area contributed by atoms with E-state index in [1.54, 1.807) is 44.9 Å². The number of nitrogen functional groups attached to an aromatic ring is 1. The fraction of sp³-hybridized carbons (Fsp3) is 0.296. The number of nitrogens with two attached hydrogens (primary N) is 1. The number of aliphatic hydroxyl groups excluding tert-OH is 1. The van der Waals surface area contributed by atoms with Crippen molar-refractivity contribution >= 4 is 22.5 Å². The van der Waals surface area contributed by atoms with Crippen molar-refractivity contribution in [1.82, 2.24) is 24.6 Å². The molecule has 3 N–H and O–H groups in total. The number of carbonyl (C=O) groups is 1. The number of nitrogens with zero attached hydrogens (tertiary/aromatic N) is 6. The third-order valence-corrected chi connectivity index (χ3v) is 6.58. The summed E-state index contributed by atoms with van der Waals surface area (Å²) in [6.45, 7) is 5.75. The summed E-state index contributed by atoms with van der Waals surface area (Å²) < 4.78 is 7.77. The lowest BCUT2D eigenvalue weighted by Crippen LogP contribution is -2.30. The SMILES string of the molecule is COc1c(C(C)n2nc(C)c3c(N)cncc32)cc(C#N)c(C)c1-c1ccnc(C(=O)N(C)CCO)c1. The smallest absolute Gasteiger partial charge is 0.272 e. The van der Waals surface area contributed by atoms with E-state index in [0.717, 1.165) is 27.7 Å². The highest BCUT2D eigenvalue weighted by molar-refractivity contribution is 5.94. The second-order valence-corrected chi connectivity index (χ2v) is 8.87. The predicted molar refractivity (Wildman–Crippen MR) is 140 cm³/mol. The van der Waals surface area contributed by atoms with Gasteiger partial charge in [0, 0.05) is 36.3 Å². The number of nitriles is 1. The van der Waals surface area contributed by atoms with Crippen molar-refractivity contribution in [2.45, 2.75) is 26.8 Å². The summed E-state index contributed by atoms with van der Waals surface area (Å²) in [6, 6.07) is 7.22. The number of hydrogen-bond donors (Lipinski definition) is 2.